The van der Waals surface area contributed by atoms with Crippen LogP contribution in [-0.4, -0.2) is 44.8 Å². The van der Waals surface area contributed by atoms with Crippen molar-refractivity contribution >= 4 is 16.3 Å². The lowest BCUT2D eigenvalue weighted by molar-refractivity contribution is -0.00314. The van der Waals surface area contributed by atoms with Crippen molar-refractivity contribution in [1.29, 1.82) is 0 Å². The first-order valence-electron chi connectivity index (χ1n) is 5.74. The van der Waals surface area contributed by atoms with E-state index in [9.17, 15) is 13.2 Å². The van der Waals surface area contributed by atoms with Crippen molar-refractivity contribution in [3.05, 3.63) is 17.9 Å². The van der Waals surface area contributed by atoms with Crippen LogP contribution in [0.15, 0.2) is 21.6 Å². The topological polar surface area (TPSA) is 76.8 Å². The van der Waals surface area contributed by atoms with Crippen LogP contribution < -0.4 is 0 Å². The van der Waals surface area contributed by atoms with Crippen molar-refractivity contribution in [3.8, 4) is 0 Å². The van der Waals surface area contributed by atoms with Crippen LogP contribution in [0.3, 0.4) is 0 Å². The Bertz CT molecular complexity index is 521. The van der Waals surface area contributed by atoms with E-state index in [1.807, 2.05) is 6.92 Å². The van der Waals surface area contributed by atoms with Gasteiger partial charge in [0, 0.05) is 13.1 Å². The Hall–Kier alpha value is -1.18. The molecule has 1 fully saturated rings. The standard InChI is InChI=1S/C11H15NO5S/c1-2-9-7-12(5-6-16-9)18(14,15)11-4-3-10(8-13)17-11/h3-4,8-9H,2,5-7H2,1H3. The van der Waals surface area contributed by atoms with Gasteiger partial charge in [-0.25, -0.2) is 8.42 Å². The zero-order valence-corrected chi connectivity index (χ0v) is 10.9. The molecule has 0 amide bonds. The van der Waals surface area contributed by atoms with Gasteiger partial charge in [0.05, 0.1) is 12.7 Å². The second kappa shape index (κ2) is 5.21. The van der Waals surface area contributed by atoms with E-state index >= 15 is 0 Å². The molecule has 0 aromatic carbocycles. The number of rotatable bonds is 4. The Morgan fingerprint density at radius 1 is 1.50 bits per heavy atom. The summed E-state index contributed by atoms with van der Waals surface area (Å²) in [5, 5.41) is -0.193. The summed E-state index contributed by atoms with van der Waals surface area (Å²) in [6.45, 7) is 2.93. The number of aldehydes is 1. The SMILES string of the molecule is CCC1CN(S(=O)(=O)c2ccc(C=O)o2)CCO1. The van der Waals surface area contributed by atoms with Gasteiger partial charge < -0.3 is 9.15 Å². The first-order valence-corrected chi connectivity index (χ1v) is 7.18. The summed E-state index contributed by atoms with van der Waals surface area (Å²) in [4.78, 5) is 10.5. The Morgan fingerprint density at radius 2 is 2.28 bits per heavy atom. The third-order valence-corrected chi connectivity index (χ3v) is 4.61. The number of sulfonamides is 1. The van der Waals surface area contributed by atoms with Crippen LogP contribution in [0.4, 0.5) is 0 Å². The van der Waals surface area contributed by atoms with E-state index in [-0.39, 0.29) is 17.0 Å². The van der Waals surface area contributed by atoms with E-state index in [4.69, 9.17) is 9.15 Å². The Balaban J connectivity index is 2.22. The molecule has 1 aliphatic heterocycles. The summed E-state index contributed by atoms with van der Waals surface area (Å²) < 4.78 is 36.2. The van der Waals surface area contributed by atoms with Gasteiger partial charge in [-0.05, 0) is 18.6 Å². The fourth-order valence-corrected chi connectivity index (χ4v) is 3.19. The van der Waals surface area contributed by atoms with E-state index < -0.39 is 10.0 Å². The highest BCUT2D eigenvalue weighted by atomic mass is 32.2. The maximum Gasteiger partial charge on any atom is 0.276 e. The largest absolute Gasteiger partial charge is 0.440 e. The van der Waals surface area contributed by atoms with Crippen molar-refractivity contribution in [2.75, 3.05) is 19.7 Å². The van der Waals surface area contributed by atoms with E-state index in [1.165, 1.54) is 16.4 Å². The van der Waals surface area contributed by atoms with Crippen molar-refractivity contribution in [2.45, 2.75) is 24.5 Å². The molecule has 0 bridgehead atoms. The second-order valence-electron chi connectivity index (χ2n) is 4.04. The monoisotopic (exact) mass is 273 g/mol. The molecule has 1 aromatic rings. The van der Waals surface area contributed by atoms with E-state index in [2.05, 4.69) is 0 Å². The van der Waals surface area contributed by atoms with Crippen LogP contribution in [0.1, 0.15) is 23.9 Å². The number of furan rings is 1. The number of nitrogens with zero attached hydrogens (tertiary/aromatic N) is 1. The number of carbonyl (C=O) groups is 1. The van der Waals surface area contributed by atoms with Gasteiger partial charge in [0.2, 0.25) is 5.09 Å². The molecule has 2 heterocycles. The predicted octanol–water partition coefficient (Wildman–Crippen LogP) is 0.892. The zero-order chi connectivity index (χ0) is 13.2. The first-order chi connectivity index (χ1) is 8.57. The fraction of sp³-hybridized carbons (Fsp3) is 0.545. The molecule has 1 aliphatic rings. The minimum Gasteiger partial charge on any atom is -0.440 e. The molecule has 1 aromatic heterocycles. The zero-order valence-electron chi connectivity index (χ0n) is 10.0. The normalized spacial score (nSPS) is 21.9. The molecule has 18 heavy (non-hydrogen) atoms. The summed E-state index contributed by atoms with van der Waals surface area (Å²) in [6, 6.07) is 2.65. The number of hydrogen-bond acceptors (Lipinski definition) is 5. The summed E-state index contributed by atoms with van der Waals surface area (Å²) in [6.07, 6.45) is 1.14. The summed E-state index contributed by atoms with van der Waals surface area (Å²) in [5.74, 6) is 0.00822. The van der Waals surface area contributed by atoms with Gasteiger partial charge >= 0.3 is 0 Å². The van der Waals surface area contributed by atoms with Crippen molar-refractivity contribution in [1.82, 2.24) is 4.31 Å². The molecule has 6 nitrogen and oxygen atoms in total. The van der Waals surface area contributed by atoms with Crippen molar-refractivity contribution in [3.63, 3.8) is 0 Å². The quantitative estimate of drug-likeness (QED) is 0.761. The molecule has 7 heteroatoms. The highest BCUT2D eigenvalue weighted by molar-refractivity contribution is 7.89. The van der Waals surface area contributed by atoms with Gasteiger partial charge in [-0.15, -0.1) is 0 Å². The first kappa shape index (κ1) is 13.3. The average molecular weight is 273 g/mol. The van der Waals surface area contributed by atoms with E-state index in [0.29, 0.717) is 26.0 Å². The molecule has 0 aliphatic carbocycles. The summed E-state index contributed by atoms with van der Waals surface area (Å²) in [5.41, 5.74) is 0. The lowest BCUT2D eigenvalue weighted by atomic mass is 10.2. The molecule has 0 radical (unpaired) electrons. The summed E-state index contributed by atoms with van der Waals surface area (Å²) >= 11 is 0. The summed E-state index contributed by atoms with van der Waals surface area (Å²) in [7, 11) is -3.67. The minimum absolute atomic E-state index is 0.00822. The van der Waals surface area contributed by atoms with Crippen molar-refractivity contribution < 1.29 is 22.4 Å². The highest BCUT2D eigenvalue weighted by Gasteiger charge is 2.32. The van der Waals surface area contributed by atoms with Crippen LogP contribution in [-0.2, 0) is 14.8 Å². The maximum absolute atomic E-state index is 12.2. The average Bonchev–Trinajstić information content (AvgIpc) is 2.88. The number of carbonyl (C=O) groups excluding carboxylic acids is 1. The van der Waals surface area contributed by atoms with E-state index in [1.54, 1.807) is 0 Å². The van der Waals surface area contributed by atoms with Crippen molar-refractivity contribution in [2.24, 2.45) is 0 Å². The Kier molecular flexibility index (Phi) is 3.84. The minimum atomic E-state index is -3.67. The molecule has 1 saturated heterocycles. The molecule has 0 N–H and O–H groups in total. The van der Waals surface area contributed by atoms with Crippen LogP contribution in [0.25, 0.3) is 0 Å². The van der Waals surface area contributed by atoms with Gasteiger partial charge in [0.15, 0.2) is 12.0 Å². The molecule has 100 valence electrons. The Morgan fingerprint density at radius 3 is 2.89 bits per heavy atom. The van der Waals surface area contributed by atoms with Crippen LogP contribution >= 0.6 is 0 Å². The molecular formula is C11H15NO5S. The second-order valence-corrected chi connectivity index (χ2v) is 5.91. The smallest absolute Gasteiger partial charge is 0.276 e. The van der Waals surface area contributed by atoms with Crippen LogP contribution in [0.5, 0.6) is 0 Å². The lowest BCUT2D eigenvalue weighted by Gasteiger charge is -2.30. The van der Waals surface area contributed by atoms with Crippen LogP contribution in [0, 0.1) is 0 Å². The maximum atomic E-state index is 12.2. The van der Waals surface area contributed by atoms with Gasteiger partial charge in [-0.3, -0.25) is 4.79 Å². The van der Waals surface area contributed by atoms with E-state index in [0.717, 1.165) is 6.42 Å². The lowest BCUT2D eigenvalue weighted by Crippen LogP contribution is -2.45. The predicted molar refractivity (Wildman–Crippen MR) is 62.9 cm³/mol. The molecule has 0 saturated carbocycles. The molecule has 1 atom stereocenters. The number of ether oxygens (including phenoxy) is 1. The van der Waals surface area contributed by atoms with Gasteiger partial charge in [0.1, 0.15) is 0 Å². The molecule has 0 spiro atoms. The van der Waals surface area contributed by atoms with Crippen LogP contribution in [0.2, 0.25) is 0 Å². The fourth-order valence-electron chi connectivity index (χ4n) is 1.82. The number of hydrogen-bond donors (Lipinski definition) is 0. The molecule has 1 unspecified atom stereocenters. The van der Waals surface area contributed by atoms with Gasteiger partial charge in [-0.1, -0.05) is 6.92 Å². The van der Waals surface area contributed by atoms with Gasteiger partial charge in [-0.2, -0.15) is 4.31 Å². The Labute approximate surface area is 106 Å². The molecule has 2 rings (SSSR count). The third kappa shape index (κ3) is 2.47. The third-order valence-electron chi connectivity index (χ3n) is 2.87. The highest BCUT2D eigenvalue weighted by Crippen LogP contribution is 2.21. The van der Waals surface area contributed by atoms with Gasteiger partial charge in [0.25, 0.3) is 10.0 Å². The molecular weight excluding hydrogens is 258 g/mol. The number of morpholine rings is 1.